The Balaban J connectivity index is 1.51. The van der Waals surface area contributed by atoms with Gasteiger partial charge in [0.15, 0.2) is 0 Å². The molecule has 1 aliphatic rings. The number of halogens is 1. The van der Waals surface area contributed by atoms with Crippen molar-refractivity contribution < 1.29 is 9.53 Å². The zero-order valence-electron chi connectivity index (χ0n) is 14.3. The number of rotatable bonds is 6. The van der Waals surface area contributed by atoms with E-state index in [4.69, 9.17) is 16.3 Å². The smallest absolute Gasteiger partial charge is 0.274 e. The van der Waals surface area contributed by atoms with E-state index in [-0.39, 0.29) is 5.91 Å². The highest BCUT2D eigenvalue weighted by Crippen LogP contribution is 2.17. The van der Waals surface area contributed by atoms with Crippen LogP contribution in [0.25, 0.3) is 0 Å². The number of likely N-dealkylation sites (N-methyl/N-ethyl adjacent to an activating group) is 1. The van der Waals surface area contributed by atoms with Crippen LogP contribution in [0.1, 0.15) is 29.4 Å². The third kappa shape index (κ3) is 4.74. The van der Waals surface area contributed by atoms with Gasteiger partial charge in [0, 0.05) is 24.8 Å². The Bertz CT molecular complexity index is 713. The molecule has 134 valence electrons. The Kier molecular flexibility index (Phi) is 5.94. The normalized spacial score (nSPS) is 17.3. The summed E-state index contributed by atoms with van der Waals surface area (Å²) in [6, 6.07) is 9.33. The molecule has 1 aliphatic heterocycles. The van der Waals surface area contributed by atoms with Gasteiger partial charge >= 0.3 is 0 Å². The highest BCUT2D eigenvalue weighted by Gasteiger charge is 2.19. The Hall–Kier alpha value is -2.05. The molecule has 0 bridgehead atoms. The number of amides is 1. The van der Waals surface area contributed by atoms with E-state index < -0.39 is 0 Å². The van der Waals surface area contributed by atoms with Gasteiger partial charge in [0.2, 0.25) is 0 Å². The van der Waals surface area contributed by atoms with Gasteiger partial charge in [0.25, 0.3) is 5.91 Å². The van der Waals surface area contributed by atoms with Gasteiger partial charge in [-0.15, -0.1) is 0 Å². The van der Waals surface area contributed by atoms with Crippen molar-refractivity contribution >= 4 is 17.5 Å². The van der Waals surface area contributed by atoms with Gasteiger partial charge < -0.3 is 15.0 Å². The van der Waals surface area contributed by atoms with Crippen LogP contribution in [0.2, 0.25) is 5.02 Å². The van der Waals surface area contributed by atoms with Crippen LogP contribution in [-0.2, 0) is 0 Å². The average molecular weight is 363 g/mol. The zero-order valence-corrected chi connectivity index (χ0v) is 15.1. The SMILES string of the molecule is CN(CCOc1cccc(Cl)c1)C(=O)c1ccn(C2CCCNC2)n1. The number of aromatic nitrogens is 2. The lowest BCUT2D eigenvalue weighted by Gasteiger charge is -2.23. The number of benzene rings is 1. The van der Waals surface area contributed by atoms with Gasteiger partial charge in [-0.3, -0.25) is 9.48 Å². The van der Waals surface area contributed by atoms with Gasteiger partial charge in [-0.2, -0.15) is 5.10 Å². The Labute approximate surface area is 152 Å². The predicted octanol–water partition coefficient (Wildman–Crippen LogP) is 2.61. The number of carbonyl (C=O) groups excluding carboxylic acids is 1. The highest BCUT2D eigenvalue weighted by atomic mass is 35.5. The number of piperidine rings is 1. The van der Waals surface area contributed by atoms with Crippen molar-refractivity contribution in [3.05, 3.63) is 47.2 Å². The lowest BCUT2D eigenvalue weighted by Crippen LogP contribution is -2.33. The van der Waals surface area contributed by atoms with Crippen molar-refractivity contribution in [2.24, 2.45) is 0 Å². The lowest BCUT2D eigenvalue weighted by atomic mass is 10.1. The van der Waals surface area contributed by atoms with Crippen molar-refractivity contribution in [3.8, 4) is 5.75 Å². The average Bonchev–Trinajstić information content (AvgIpc) is 3.12. The first-order valence-electron chi connectivity index (χ1n) is 8.53. The summed E-state index contributed by atoms with van der Waals surface area (Å²) in [5, 5.41) is 8.45. The van der Waals surface area contributed by atoms with Crippen molar-refractivity contribution in [1.29, 1.82) is 0 Å². The molecule has 2 heterocycles. The molecule has 1 aromatic heterocycles. The molecule has 1 N–H and O–H groups in total. The van der Waals surface area contributed by atoms with Crippen LogP contribution in [-0.4, -0.2) is 53.9 Å². The molecular weight excluding hydrogens is 340 g/mol. The molecule has 3 rings (SSSR count). The van der Waals surface area contributed by atoms with Gasteiger partial charge in [-0.05, 0) is 43.7 Å². The summed E-state index contributed by atoms with van der Waals surface area (Å²) in [6.07, 6.45) is 4.11. The summed E-state index contributed by atoms with van der Waals surface area (Å²) in [4.78, 5) is 14.1. The van der Waals surface area contributed by atoms with Crippen LogP contribution >= 0.6 is 11.6 Å². The summed E-state index contributed by atoms with van der Waals surface area (Å²) >= 11 is 5.92. The van der Waals surface area contributed by atoms with Crippen LogP contribution in [0.5, 0.6) is 5.75 Å². The fourth-order valence-electron chi connectivity index (χ4n) is 2.87. The first-order valence-corrected chi connectivity index (χ1v) is 8.91. The largest absolute Gasteiger partial charge is 0.492 e. The van der Waals surface area contributed by atoms with Crippen molar-refractivity contribution in [2.45, 2.75) is 18.9 Å². The number of nitrogens with one attached hydrogen (secondary N) is 1. The zero-order chi connectivity index (χ0) is 17.6. The summed E-state index contributed by atoms with van der Waals surface area (Å²) in [7, 11) is 1.75. The van der Waals surface area contributed by atoms with E-state index in [1.165, 1.54) is 0 Å². The molecule has 1 fully saturated rings. The molecule has 1 aromatic carbocycles. The monoisotopic (exact) mass is 362 g/mol. The number of carbonyl (C=O) groups is 1. The molecule has 2 aromatic rings. The molecular formula is C18H23ClN4O2. The van der Waals surface area contributed by atoms with Gasteiger partial charge in [0.1, 0.15) is 18.1 Å². The maximum atomic E-state index is 12.5. The van der Waals surface area contributed by atoms with Crippen molar-refractivity contribution in [1.82, 2.24) is 20.0 Å². The minimum atomic E-state index is -0.0998. The number of ether oxygens (including phenoxy) is 1. The first-order chi connectivity index (χ1) is 12.1. The van der Waals surface area contributed by atoms with Crippen molar-refractivity contribution in [3.63, 3.8) is 0 Å². The summed E-state index contributed by atoms with van der Waals surface area (Å²) < 4.78 is 7.53. The Morgan fingerprint density at radius 1 is 1.48 bits per heavy atom. The van der Waals surface area contributed by atoms with Gasteiger partial charge in [0.05, 0.1) is 12.6 Å². The molecule has 0 aliphatic carbocycles. The molecule has 1 saturated heterocycles. The standard InChI is InChI=1S/C18H23ClN4O2/c1-22(10-11-25-16-6-2-4-14(19)12-16)18(24)17-7-9-23(21-17)15-5-3-8-20-13-15/h2,4,6-7,9,12,15,20H,3,5,8,10-11,13H2,1H3. The van der Waals surface area contributed by atoms with Gasteiger partial charge in [-0.1, -0.05) is 17.7 Å². The van der Waals surface area contributed by atoms with Crippen molar-refractivity contribution in [2.75, 3.05) is 33.3 Å². The van der Waals surface area contributed by atoms with Crippen LogP contribution in [0.15, 0.2) is 36.5 Å². The van der Waals surface area contributed by atoms with E-state index in [0.29, 0.717) is 35.7 Å². The highest BCUT2D eigenvalue weighted by molar-refractivity contribution is 6.30. The van der Waals surface area contributed by atoms with Crippen LogP contribution < -0.4 is 10.1 Å². The summed E-state index contributed by atoms with van der Waals surface area (Å²) in [5.74, 6) is 0.597. The van der Waals surface area contributed by atoms with E-state index in [2.05, 4.69) is 10.4 Å². The third-order valence-corrected chi connectivity index (χ3v) is 4.55. The van der Waals surface area contributed by atoms with E-state index in [0.717, 1.165) is 25.9 Å². The fraction of sp³-hybridized carbons (Fsp3) is 0.444. The van der Waals surface area contributed by atoms with E-state index in [1.54, 1.807) is 30.1 Å². The summed E-state index contributed by atoms with van der Waals surface area (Å²) in [6.45, 7) is 2.83. The van der Waals surface area contributed by atoms with E-state index in [1.807, 2.05) is 23.0 Å². The molecule has 1 amide bonds. The number of hydrogen-bond donors (Lipinski definition) is 1. The predicted molar refractivity (Wildman–Crippen MR) is 97.3 cm³/mol. The molecule has 0 saturated carbocycles. The first kappa shape index (κ1) is 17.8. The molecule has 25 heavy (non-hydrogen) atoms. The minimum absolute atomic E-state index is 0.0998. The number of nitrogens with zero attached hydrogens (tertiary/aromatic N) is 3. The van der Waals surface area contributed by atoms with Crippen LogP contribution in [0.3, 0.4) is 0 Å². The second kappa shape index (κ2) is 8.36. The maximum Gasteiger partial charge on any atom is 0.274 e. The molecule has 1 unspecified atom stereocenters. The molecule has 1 atom stereocenters. The minimum Gasteiger partial charge on any atom is -0.492 e. The van der Waals surface area contributed by atoms with Gasteiger partial charge in [-0.25, -0.2) is 0 Å². The lowest BCUT2D eigenvalue weighted by molar-refractivity contribution is 0.0766. The molecule has 7 heteroatoms. The molecule has 0 radical (unpaired) electrons. The van der Waals surface area contributed by atoms with E-state index in [9.17, 15) is 4.79 Å². The summed E-state index contributed by atoms with van der Waals surface area (Å²) in [5.41, 5.74) is 0.468. The maximum absolute atomic E-state index is 12.5. The molecule has 6 nitrogen and oxygen atoms in total. The molecule has 0 spiro atoms. The van der Waals surface area contributed by atoms with Crippen LogP contribution in [0, 0.1) is 0 Å². The fourth-order valence-corrected chi connectivity index (χ4v) is 3.05. The number of hydrogen-bond acceptors (Lipinski definition) is 4. The van der Waals surface area contributed by atoms with E-state index >= 15 is 0 Å². The van der Waals surface area contributed by atoms with Crippen LogP contribution in [0.4, 0.5) is 0 Å². The Morgan fingerprint density at radius 2 is 2.36 bits per heavy atom. The topological polar surface area (TPSA) is 59.4 Å². The second-order valence-electron chi connectivity index (χ2n) is 6.21. The third-order valence-electron chi connectivity index (χ3n) is 4.31. The second-order valence-corrected chi connectivity index (χ2v) is 6.65. The Morgan fingerprint density at radius 3 is 3.12 bits per heavy atom. The quantitative estimate of drug-likeness (QED) is 0.858.